The molecule has 0 radical (unpaired) electrons. The highest BCUT2D eigenvalue weighted by atomic mass is 15.5. The molecule has 0 aliphatic rings. The molecular formula is C10H16N6. The van der Waals surface area contributed by atoms with E-state index in [1.165, 1.54) is 0 Å². The molecule has 0 aliphatic heterocycles. The maximum absolute atomic E-state index is 4.49. The quantitative estimate of drug-likeness (QED) is 0.843. The third kappa shape index (κ3) is 2.26. The summed E-state index contributed by atoms with van der Waals surface area (Å²) in [6.07, 6.45) is 2.84. The normalized spacial score (nSPS) is 13.2. The minimum Gasteiger partial charge on any atom is -0.270 e. The summed E-state index contributed by atoms with van der Waals surface area (Å²) in [4.78, 5) is 0. The van der Waals surface area contributed by atoms with Crippen molar-refractivity contribution in [2.75, 3.05) is 0 Å². The van der Waals surface area contributed by atoms with Crippen LogP contribution >= 0.6 is 0 Å². The summed E-state index contributed by atoms with van der Waals surface area (Å²) in [6, 6.07) is 2.44. The van der Waals surface area contributed by atoms with Crippen molar-refractivity contribution in [2.24, 2.45) is 0 Å². The minimum atomic E-state index is 0.231. The van der Waals surface area contributed by atoms with Crippen LogP contribution in [-0.4, -0.2) is 30.4 Å². The summed E-state index contributed by atoms with van der Waals surface area (Å²) >= 11 is 0. The Morgan fingerprint density at radius 3 is 2.75 bits per heavy atom. The molecule has 1 atom stereocenters. The molecule has 16 heavy (non-hydrogen) atoms. The number of hydrogen-bond donors (Lipinski definition) is 1. The second-order valence-electron chi connectivity index (χ2n) is 4.26. The molecule has 86 valence electrons. The molecule has 1 N–H and O–H groups in total. The molecule has 2 heterocycles. The number of tetrazole rings is 1. The van der Waals surface area contributed by atoms with Gasteiger partial charge in [-0.15, -0.1) is 10.2 Å². The van der Waals surface area contributed by atoms with Gasteiger partial charge in [-0.3, -0.25) is 4.68 Å². The Kier molecular flexibility index (Phi) is 2.98. The molecule has 1 unspecified atom stereocenters. The molecule has 0 saturated heterocycles. The van der Waals surface area contributed by atoms with Gasteiger partial charge in [0.1, 0.15) is 0 Å². The lowest BCUT2D eigenvalue weighted by molar-refractivity contribution is 0.522. The molecule has 2 aromatic rings. The van der Waals surface area contributed by atoms with Gasteiger partial charge in [0.15, 0.2) is 5.82 Å². The van der Waals surface area contributed by atoms with E-state index in [0.717, 1.165) is 17.9 Å². The zero-order valence-electron chi connectivity index (χ0n) is 9.75. The van der Waals surface area contributed by atoms with Gasteiger partial charge in [0.25, 0.3) is 0 Å². The molecule has 0 spiro atoms. The fourth-order valence-electron chi connectivity index (χ4n) is 1.56. The van der Waals surface area contributed by atoms with Crippen LogP contribution in [0.3, 0.4) is 0 Å². The second-order valence-corrected chi connectivity index (χ2v) is 4.26. The molecule has 2 aromatic heterocycles. The molecule has 0 fully saturated rings. The van der Waals surface area contributed by atoms with Crippen molar-refractivity contribution in [3.63, 3.8) is 0 Å². The average Bonchev–Trinajstić information content (AvgIpc) is 2.87. The van der Waals surface area contributed by atoms with Crippen molar-refractivity contribution in [3.8, 4) is 0 Å². The van der Waals surface area contributed by atoms with E-state index in [4.69, 9.17) is 0 Å². The van der Waals surface area contributed by atoms with Gasteiger partial charge in [-0.2, -0.15) is 10.3 Å². The Labute approximate surface area is 94.1 Å². The average molecular weight is 220 g/mol. The lowest BCUT2D eigenvalue weighted by atomic mass is 10.1. The number of hydrogen-bond acceptors (Lipinski definition) is 4. The molecule has 0 bridgehead atoms. The summed E-state index contributed by atoms with van der Waals surface area (Å²) < 4.78 is 1.96. The van der Waals surface area contributed by atoms with E-state index >= 15 is 0 Å². The lowest BCUT2D eigenvalue weighted by Crippen LogP contribution is -2.05. The molecule has 6 nitrogen and oxygen atoms in total. The van der Waals surface area contributed by atoms with Crippen molar-refractivity contribution >= 4 is 0 Å². The van der Waals surface area contributed by atoms with Crippen LogP contribution in [0.4, 0.5) is 0 Å². The Morgan fingerprint density at radius 2 is 2.19 bits per heavy atom. The van der Waals surface area contributed by atoms with Crippen molar-refractivity contribution in [1.82, 2.24) is 30.4 Å². The Morgan fingerprint density at radius 1 is 1.38 bits per heavy atom. The predicted octanol–water partition coefficient (Wildman–Crippen LogP) is 1.32. The number of aromatic nitrogens is 6. The predicted molar refractivity (Wildman–Crippen MR) is 58.9 cm³/mol. The van der Waals surface area contributed by atoms with Gasteiger partial charge in [0.2, 0.25) is 0 Å². The fourth-order valence-corrected chi connectivity index (χ4v) is 1.56. The van der Waals surface area contributed by atoms with Crippen LogP contribution < -0.4 is 0 Å². The van der Waals surface area contributed by atoms with E-state index in [2.05, 4.69) is 46.5 Å². The monoisotopic (exact) mass is 220 g/mol. The van der Waals surface area contributed by atoms with Gasteiger partial charge < -0.3 is 0 Å². The van der Waals surface area contributed by atoms with Crippen LogP contribution in [0.2, 0.25) is 0 Å². The van der Waals surface area contributed by atoms with E-state index in [1.54, 1.807) is 0 Å². The zero-order chi connectivity index (χ0) is 11.5. The number of rotatable bonds is 4. The summed E-state index contributed by atoms with van der Waals surface area (Å²) in [6.45, 7) is 6.29. The van der Waals surface area contributed by atoms with E-state index in [9.17, 15) is 0 Å². The molecule has 0 aliphatic carbocycles. The smallest absolute Gasteiger partial charge is 0.177 e. The maximum atomic E-state index is 4.49. The molecule has 2 rings (SSSR count). The highest BCUT2D eigenvalue weighted by Crippen LogP contribution is 2.15. The SMILES string of the molecule is CC(Cc1ccn(C(C)C)n1)c1nn[nH]n1. The van der Waals surface area contributed by atoms with Gasteiger partial charge in [0, 0.05) is 24.6 Å². The summed E-state index contributed by atoms with van der Waals surface area (Å²) in [5, 5.41) is 18.5. The van der Waals surface area contributed by atoms with Crippen molar-refractivity contribution in [1.29, 1.82) is 0 Å². The first-order valence-corrected chi connectivity index (χ1v) is 5.44. The van der Waals surface area contributed by atoms with Crippen LogP contribution in [0, 0.1) is 0 Å². The largest absolute Gasteiger partial charge is 0.270 e. The summed E-state index contributed by atoms with van der Waals surface area (Å²) in [5.41, 5.74) is 1.06. The van der Waals surface area contributed by atoms with Crippen LogP contribution in [0.1, 0.15) is 44.2 Å². The van der Waals surface area contributed by atoms with Crippen molar-refractivity contribution in [2.45, 2.75) is 39.2 Å². The van der Waals surface area contributed by atoms with E-state index < -0.39 is 0 Å². The van der Waals surface area contributed by atoms with E-state index in [-0.39, 0.29) is 5.92 Å². The maximum Gasteiger partial charge on any atom is 0.177 e. The standard InChI is InChI=1S/C10H16N6/c1-7(2)16-5-4-9(13-16)6-8(3)10-11-14-15-12-10/h4-5,7-8H,6H2,1-3H3,(H,11,12,14,15). The van der Waals surface area contributed by atoms with Gasteiger partial charge in [0.05, 0.1) is 5.69 Å². The Hall–Kier alpha value is -1.72. The van der Waals surface area contributed by atoms with E-state index in [1.807, 2.05) is 16.9 Å². The number of H-pyrrole nitrogens is 1. The zero-order valence-corrected chi connectivity index (χ0v) is 9.75. The van der Waals surface area contributed by atoms with Crippen LogP contribution in [-0.2, 0) is 6.42 Å². The van der Waals surface area contributed by atoms with Crippen molar-refractivity contribution in [3.05, 3.63) is 23.8 Å². The minimum absolute atomic E-state index is 0.231. The second kappa shape index (κ2) is 4.42. The number of nitrogens with zero attached hydrogens (tertiary/aromatic N) is 5. The highest BCUT2D eigenvalue weighted by molar-refractivity contribution is 5.05. The fraction of sp³-hybridized carbons (Fsp3) is 0.600. The first-order valence-electron chi connectivity index (χ1n) is 5.44. The first-order chi connectivity index (χ1) is 7.66. The van der Waals surface area contributed by atoms with Crippen LogP contribution in [0.15, 0.2) is 12.3 Å². The third-order valence-corrected chi connectivity index (χ3v) is 2.51. The highest BCUT2D eigenvalue weighted by Gasteiger charge is 2.13. The Bertz CT molecular complexity index is 430. The molecule has 6 heteroatoms. The van der Waals surface area contributed by atoms with Crippen LogP contribution in [0.25, 0.3) is 0 Å². The molecule has 0 saturated carbocycles. The number of nitrogens with one attached hydrogen (secondary N) is 1. The van der Waals surface area contributed by atoms with Gasteiger partial charge >= 0.3 is 0 Å². The Balaban J connectivity index is 2.03. The van der Waals surface area contributed by atoms with Gasteiger partial charge in [-0.05, 0) is 19.9 Å². The van der Waals surface area contributed by atoms with E-state index in [0.29, 0.717) is 6.04 Å². The molecule has 0 aromatic carbocycles. The van der Waals surface area contributed by atoms with Gasteiger partial charge in [-0.1, -0.05) is 12.1 Å². The number of aromatic amines is 1. The topological polar surface area (TPSA) is 72.3 Å². The van der Waals surface area contributed by atoms with Gasteiger partial charge in [-0.25, -0.2) is 0 Å². The third-order valence-electron chi connectivity index (χ3n) is 2.51. The lowest BCUT2D eigenvalue weighted by Gasteiger charge is -2.05. The summed E-state index contributed by atoms with van der Waals surface area (Å²) in [7, 11) is 0. The summed E-state index contributed by atoms with van der Waals surface area (Å²) in [5.74, 6) is 0.966. The van der Waals surface area contributed by atoms with Crippen LogP contribution in [0.5, 0.6) is 0 Å². The van der Waals surface area contributed by atoms with Crippen molar-refractivity contribution < 1.29 is 0 Å². The molecule has 0 amide bonds. The molecular weight excluding hydrogens is 204 g/mol. The first kappa shape index (κ1) is 10.8.